The lowest BCUT2D eigenvalue weighted by molar-refractivity contribution is 0.168. The number of aromatic nitrogens is 3. The summed E-state index contributed by atoms with van der Waals surface area (Å²) in [6.45, 7) is 4.37. The molecule has 1 N–H and O–H groups in total. The largest absolute Gasteiger partial charge is 0.367 e. The first-order valence-corrected chi connectivity index (χ1v) is 6.22. The van der Waals surface area contributed by atoms with Crippen molar-refractivity contribution in [3.8, 4) is 0 Å². The van der Waals surface area contributed by atoms with E-state index in [1.165, 1.54) is 0 Å². The van der Waals surface area contributed by atoms with E-state index in [2.05, 4.69) is 29.2 Å². The van der Waals surface area contributed by atoms with E-state index in [1.807, 2.05) is 18.3 Å². The van der Waals surface area contributed by atoms with Crippen molar-refractivity contribution in [2.24, 2.45) is 5.41 Å². The molecule has 0 aliphatic heterocycles. The topological polar surface area (TPSA) is 42.2 Å². The van der Waals surface area contributed by atoms with Crippen LogP contribution in [-0.4, -0.2) is 26.0 Å². The van der Waals surface area contributed by atoms with Gasteiger partial charge in [-0.2, -0.15) is 5.10 Å². The first kappa shape index (κ1) is 10.8. The molecular weight excluding hydrogens is 236 g/mol. The maximum Gasteiger partial charge on any atom is 0.157 e. The number of halogens is 1. The van der Waals surface area contributed by atoms with Gasteiger partial charge in [0.05, 0.1) is 6.20 Å². The third-order valence-corrected chi connectivity index (χ3v) is 4.47. The second-order valence-corrected chi connectivity index (χ2v) is 5.70. The van der Waals surface area contributed by atoms with Crippen LogP contribution in [0, 0.1) is 5.41 Å². The van der Waals surface area contributed by atoms with Crippen LogP contribution >= 0.6 is 11.6 Å². The molecule has 1 aliphatic rings. The Morgan fingerprint density at radius 3 is 3.00 bits per heavy atom. The van der Waals surface area contributed by atoms with Gasteiger partial charge in [-0.1, -0.05) is 13.8 Å². The lowest BCUT2D eigenvalue weighted by atomic mass is 9.67. The molecule has 3 rings (SSSR count). The molecule has 0 amide bonds. The molecule has 2 aromatic rings. The molecule has 0 bridgehead atoms. The molecule has 4 nitrogen and oxygen atoms in total. The Morgan fingerprint density at radius 1 is 1.47 bits per heavy atom. The molecule has 2 aromatic heterocycles. The van der Waals surface area contributed by atoms with Gasteiger partial charge in [0.15, 0.2) is 5.65 Å². The summed E-state index contributed by atoms with van der Waals surface area (Å²) in [5, 5.41) is 7.81. The summed E-state index contributed by atoms with van der Waals surface area (Å²) in [6, 6.07) is 4.22. The van der Waals surface area contributed by atoms with E-state index >= 15 is 0 Å². The van der Waals surface area contributed by atoms with Crippen LogP contribution < -0.4 is 5.32 Å². The van der Waals surface area contributed by atoms with Crippen molar-refractivity contribution in [2.45, 2.75) is 31.7 Å². The Labute approximate surface area is 105 Å². The summed E-state index contributed by atoms with van der Waals surface area (Å²) in [5.74, 6) is 0.889. The van der Waals surface area contributed by atoms with Gasteiger partial charge in [-0.15, -0.1) is 11.6 Å². The average molecular weight is 251 g/mol. The van der Waals surface area contributed by atoms with Crippen LogP contribution in [-0.2, 0) is 0 Å². The van der Waals surface area contributed by atoms with E-state index in [4.69, 9.17) is 11.6 Å². The van der Waals surface area contributed by atoms with E-state index in [0.717, 1.165) is 17.9 Å². The molecule has 2 heterocycles. The number of alkyl halides is 1. The van der Waals surface area contributed by atoms with Crippen LogP contribution in [0.3, 0.4) is 0 Å². The van der Waals surface area contributed by atoms with Crippen LogP contribution in [0.1, 0.15) is 20.3 Å². The van der Waals surface area contributed by atoms with E-state index < -0.39 is 0 Å². The number of rotatable bonds is 2. The molecule has 0 spiro atoms. The van der Waals surface area contributed by atoms with Gasteiger partial charge < -0.3 is 5.32 Å². The Bertz CT molecular complexity index is 548. The molecule has 0 aromatic carbocycles. The monoisotopic (exact) mass is 250 g/mol. The fourth-order valence-electron chi connectivity index (χ4n) is 2.19. The molecule has 1 aliphatic carbocycles. The fourth-order valence-corrected chi connectivity index (χ4v) is 2.52. The van der Waals surface area contributed by atoms with E-state index in [1.54, 1.807) is 10.7 Å². The lowest BCUT2D eigenvalue weighted by Crippen LogP contribution is -2.54. The zero-order valence-corrected chi connectivity index (χ0v) is 10.6. The normalized spacial score (nSPS) is 26.8. The summed E-state index contributed by atoms with van der Waals surface area (Å²) in [4.78, 5) is 4.49. The van der Waals surface area contributed by atoms with Crippen molar-refractivity contribution < 1.29 is 0 Å². The number of hydrogen-bond donors (Lipinski definition) is 1. The Balaban J connectivity index is 1.81. The molecule has 0 radical (unpaired) electrons. The third-order valence-electron chi connectivity index (χ3n) is 3.73. The smallest absolute Gasteiger partial charge is 0.157 e. The average Bonchev–Trinajstić information content (AvgIpc) is 2.76. The molecule has 2 unspecified atom stereocenters. The molecule has 2 atom stereocenters. The van der Waals surface area contributed by atoms with Gasteiger partial charge >= 0.3 is 0 Å². The first-order chi connectivity index (χ1) is 8.07. The van der Waals surface area contributed by atoms with Crippen LogP contribution in [0.2, 0.25) is 0 Å². The number of nitrogens with zero attached hydrogens (tertiary/aromatic N) is 3. The van der Waals surface area contributed by atoms with Crippen LogP contribution in [0.5, 0.6) is 0 Å². The number of nitrogens with one attached hydrogen (secondary N) is 1. The minimum absolute atomic E-state index is 0.121. The van der Waals surface area contributed by atoms with Crippen molar-refractivity contribution in [2.75, 3.05) is 5.32 Å². The highest BCUT2D eigenvalue weighted by atomic mass is 35.5. The Hall–Kier alpha value is -1.29. The number of hydrogen-bond acceptors (Lipinski definition) is 3. The predicted octanol–water partition coefficient (Wildman–Crippen LogP) is 2.55. The van der Waals surface area contributed by atoms with E-state index in [9.17, 15) is 0 Å². The van der Waals surface area contributed by atoms with Crippen LogP contribution in [0.25, 0.3) is 5.65 Å². The first-order valence-electron chi connectivity index (χ1n) is 5.78. The fraction of sp³-hybridized carbons (Fsp3) is 0.500. The molecule has 17 heavy (non-hydrogen) atoms. The maximum atomic E-state index is 6.20. The second kappa shape index (κ2) is 3.60. The van der Waals surface area contributed by atoms with Crippen LogP contribution in [0.4, 0.5) is 5.82 Å². The van der Waals surface area contributed by atoms with Gasteiger partial charge in [0.25, 0.3) is 0 Å². The molecule has 1 fully saturated rings. The highest BCUT2D eigenvalue weighted by Gasteiger charge is 2.47. The highest BCUT2D eigenvalue weighted by Crippen LogP contribution is 2.45. The van der Waals surface area contributed by atoms with Crippen molar-refractivity contribution in [1.82, 2.24) is 14.6 Å². The lowest BCUT2D eigenvalue weighted by Gasteiger charge is -2.49. The number of fused-ring (bicyclic) bond motifs is 1. The van der Waals surface area contributed by atoms with Crippen molar-refractivity contribution in [3.63, 3.8) is 0 Å². The van der Waals surface area contributed by atoms with Crippen molar-refractivity contribution in [1.29, 1.82) is 0 Å². The highest BCUT2D eigenvalue weighted by molar-refractivity contribution is 6.21. The van der Waals surface area contributed by atoms with Crippen molar-refractivity contribution in [3.05, 3.63) is 24.5 Å². The molecule has 0 saturated heterocycles. The molecule has 90 valence electrons. The van der Waals surface area contributed by atoms with Gasteiger partial charge in [0, 0.05) is 29.1 Å². The van der Waals surface area contributed by atoms with E-state index in [-0.39, 0.29) is 10.8 Å². The van der Waals surface area contributed by atoms with Gasteiger partial charge in [-0.25, -0.2) is 9.50 Å². The zero-order chi connectivity index (χ0) is 12.0. The second-order valence-electron chi connectivity index (χ2n) is 5.17. The minimum atomic E-state index is 0.121. The van der Waals surface area contributed by atoms with Crippen LogP contribution in [0.15, 0.2) is 24.5 Å². The summed E-state index contributed by atoms with van der Waals surface area (Å²) >= 11 is 6.20. The Morgan fingerprint density at radius 2 is 2.29 bits per heavy atom. The maximum absolute atomic E-state index is 6.20. The predicted molar refractivity (Wildman–Crippen MR) is 68.4 cm³/mol. The number of anilines is 1. The quantitative estimate of drug-likeness (QED) is 0.833. The molecule has 5 heteroatoms. The van der Waals surface area contributed by atoms with Crippen molar-refractivity contribution >= 4 is 23.1 Å². The molecule has 1 saturated carbocycles. The van der Waals surface area contributed by atoms with Gasteiger partial charge in [0.1, 0.15) is 5.82 Å². The van der Waals surface area contributed by atoms with Gasteiger partial charge in [0.2, 0.25) is 0 Å². The summed E-state index contributed by atoms with van der Waals surface area (Å²) in [5.41, 5.74) is 0.977. The third kappa shape index (κ3) is 1.67. The summed E-state index contributed by atoms with van der Waals surface area (Å²) in [6.07, 6.45) is 4.64. The summed E-state index contributed by atoms with van der Waals surface area (Å²) < 4.78 is 1.75. The van der Waals surface area contributed by atoms with Gasteiger partial charge in [-0.05, 0) is 12.5 Å². The Kier molecular flexibility index (Phi) is 2.30. The SMILES string of the molecule is CC1(C)C(Cl)CC1Nc1ccn2nccc2n1. The summed E-state index contributed by atoms with van der Waals surface area (Å²) in [7, 11) is 0. The zero-order valence-electron chi connectivity index (χ0n) is 9.89. The standard InChI is InChI=1S/C12H15ClN4/c1-12(2)8(13)7-9(12)15-10-4-6-17-11(16-10)3-5-14-17/h3-6,8-9H,7H2,1-2H3,(H,15,16). The molecular formula is C12H15ClN4. The van der Waals surface area contributed by atoms with Gasteiger partial charge in [-0.3, -0.25) is 0 Å². The minimum Gasteiger partial charge on any atom is -0.367 e. The van der Waals surface area contributed by atoms with E-state index in [0.29, 0.717) is 6.04 Å².